The van der Waals surface area contributed by atoms with Gasteiger partial charge in [0.15, 0.2) is 0 Å². The summed E-state index contributed by atoms with van der Waals surface area (Å²) in [6, 6.07) is 9.52. The molecule has 1 saturated heterocycles. The van der Waals surface area contributed by atoms with Crippen LogP contribution in [0.25, 0.3) is 0 Å². The van der Waals surface area contributed by atoms with Crippen molar-refractivity contribution in [3.63, 3.8) is 0 Å². The Labute approximate surface area is 261 Å². The number of amides is 5. The van der Waals surface area contributed by atoms with Gasteiger partial charge in [-0.15, -0.1) is 0 Å². The molecule has 44 heavy (non-hydrogen) atoms. The first kappa shape index (κ1) is 30.1. The highest BCUT2D eigenvalue weighted by atomic mass is 35.5. The molecule has 2 aromatic carbocycles. The quantitative estimate of drug-likeness (QED) is 0.493. The van der Waals surface area contributed by atoms with Crippen LogP contribution < -0.4 is 10.1 Å². The van der Waals surface area contributed by atoms with Crippen molar-refractivity contribution in [3.05, 3.63) is 63.7 Å². The molecule has 5 amide bonds. The molecule has 0 radical (unpaired) electrons. The van der Waals surface area contributed by atoms with Gasteiger partial charge in [0.05, 0.1) is 30.3 Å². The molecule has 3 aliphatic heterocycles. The van der Waals surface area contributed by atoms with E-state index in [0.717, 1.165) is 18.4 Å². The van der Waals surface area contributed by atoms with Gasteiger partial charge in [0.2, 0.25) is 17.7 Å². The van der Waals surface area contributed by atoms with Crippen LogP contribution in [0.2, 0.25) is 5.02 Å². The molecular formula is C33H37ClN4O6. The number of nitrogens with zero attached hydrogens (tertiary/aromatic N) is 3. The lowest BCUT2D eigenvalue weighted by molar-refractivity contribution is -0.146. The number of halogens is 1. The van der Waals surface area contributed by atoms with Crippen LogP contribution in [0.15, 0.2) is 36.4 Å². The maximum absolute atomic E-state index is 14.5. The number of likely N-dealkylation sites (tertiary alicyclic amines) is 1. The Morgan fingerprint density at radius 3 is 2.27 bits per heavy atom. The number of fused-ring (bicyclic) bond motifs is 2. The fraction of sp³-hybridized carbons (Fsp3) is 0.485. The lowest BCUT2D eigenvalue weighted by atomic mass is 9.77. The molecule has 1 N–H and O–H groups in total. The van der Waals surface area contributed by atoms with Crippen molar-refractivity contribution in [2.24, 2.45) is 11.8 Å². The number of carbonyl (C=O) groups is 5. The van der Waals surface area contributed by atoms with Crippen molar-refractivity contribution in [3.8, 4) is 5.75 Å². The Morgan fingerprint density at radius 1 is 0.955 bits per heavy atom. The van der Waals surface area contributed by atoms with Crippen LogP contribution in [0, 0.1) is 11.8 Å². The molecule has 0 bridgehead atoms. The average Bonchev–Trinajstić information content (AvgIpc) is 3.61. The third-order valence-electron chi connectivity index (χ3n) is 9.64. The van der Waals surface area contributed by atoms with Crippen LogP contribution in [0.3, 0.4) is 0 Å². The predicted octanol–water partition coefficient (Wildman–Crippen LogP) is 3.61. The summed E-state index contributed by atoms with van der Waals surface area (Å²) in [5, 5.41) is 3.24. The molecule has 2 aromatic rings. The molecule has 4 atom stereocenters. The summed E-state index contributed by atoms with van der Waals surface area (Å²) in [6.45, 7) is 2.80. The second-order valence-electron chi connectivity index (χ2n) is 12.1. The Hall–Kier alpha value is -3.92. The van der Waals surface area contributed by atoms with Gasteiger partial charge in [-0.3, -0.25) is 28.9 Å². The molecule has 0 aromatic heterocycles. The zero-order valence-electron chi connectivity index (χ0n) is 25.0. The number of imide groups is 1. The van der Waals surface area contributed by atoms with Gasteiger partial charge in [0.1, 0.15) is 11.9 Å². The van der Waals surface area contributed by atoms with Crippen molar-refractivity contribution in [1.29, 1.82) is 0 Å². The zero-order valence-corrected chi connectivity index (χ0v) is 25.8. The third-order valence-corrected chi connectivity index (χ3v) is 9.99. The minimum atomic E-state index is -0.736. The van der Waals surface area contributed by atoms with E-state index in [2.05, 4.69) is 5.32 Å². The Morgan fingerprint density at radius 2 is 1.64 bits per heavy atom. The SMILES string of the molecule is CNC(=O)[C@H]1CCCC[C@H]1C(=O)N1CCc2c(Cl)ccc(OC3CCN(C(C)=O)C3)c2[C@H]1CN1C(=O)c2ccccc2C1=O. The Balaban J connectivity index is 1.40. The van der Waals surface area contributed by atoms with Crippen molar-refractivity contribution >= 4 is 41.1 Å². The summed E-state index contributed by atoms with van der Waals surface area (Å²) in [7, 11) is 1.59. The van der Waals surface area contributed by atoms with Crippen molar-refractivity contribution in [2.75, 3.05) is 33.2 Å². The number of hydrogen-bond donors (Lipinski definition) is 1. The van der Waals surface area contributed by atoms with E-state index in [-0.39, 0.29) is 30.4 Å². The molecule has 6 rings (SSSR count). The highest BCUT2D eigenvalue weighted by molar-refractivity contribution is 6.31. The van der Waals surface area contributed by atoms with Gasteiger partial charge < -0.3 is 19.9 Å². The Kier molecular flexibility index (Phi) is 8.37. The minimum Gasteiger partial charge on any atom is -0.488 e. The van der Waals surface area contributed by atoms with Crippen LogP contribution in [-0.4, -0.2) is 83.6 Å². The number of carbonyl (C=O) groups excluding carboxylic acids is 5. The second-order valence-corrected chi connectivity index (χ2v) is 12.5. The van der Waals surface area contributed by atoms with E-state index in [9.17, 15) is 24.0 Å². The molecule has 10 nitrogen and oxygen atoms in total. The van der Waals surface area contributed by atoms with Gasteiger partial charge in [0, 0.05) is 55.9 Å². The van der Waals surface area contributed by atoms with E-state index < -0.39 is 29.7 Å². The van der Waals surface area contributed by atoms with Gasteiger partial charge in [0.25, 0.3) is 11.8 Å². The largest absolute Gasteiger partial charge is 0.488 e. The van der Waals surface area contributed by atoms with E-state index in [1.165, 1.54) is 11.8 Å². The second kappa shape index (κ2) is 12.2. The first-order valence-electron chi connectivity index (χ1n) is 15.4. The summed E-state index contributed by atoms with van der Waals surface area (Å²) in [6.07, 6.45) is 3.77. The first-order chi connectivity index (χ1) is 21.2. The highest BCUT2D eigenvalue weighted by Gasteiger charge is 2.45. The van der Waals surface area contributed by atoms with E-state index in [1.807, 2.05) is 0 Å². The van der Waals surface area contributed by atoms with Crippen molar-refractivity contribution in [1.82, 2.24) is 20.0 Å². The van der Waals surface area contributed by atoms with Crippen molar-refractivity contribution in [2.45, 2.75) is 57.6 Å². The highest BCUT2D eigenvalue weighted by Crippen LogP contribution is 2.44. The monoisotopic (exact) mass is 620 g/mol. The number of nitrogens with one attached hydrogen (secondary N) is 1. The molecule has 232 valence electrons. The topological polar surface area (TPSA) is 116 Å². The fourth-order valence-corrected chi connectivity index (χ4v) is 7.60. The normalized spacial score (nSPS) is 24.7. The molecule has 2 fully saturated rings. The number of hydrogen-bond acceptors (Lipinski definition) is 6. The van der Waals surface area contributed by atoms with Gasteiger partial charge in [-0.1, -0.05) is 36.6 Å². The molecule has 0 spiro atoms. The Bertz CT molecular complexity index is 1490. The van der Waals surface area contributed by atoms with Gasteiger partial charge in [-0.05, 0) is 49.1 Å². The van der Waals surface area contributed by atoms with Gasteiger partial charge >= 0.3 is 0 Å². The van der Waals surface area contributed by atoms with E-state index in [1.54, 1.807) is 53.2 Å². The molecule has 1 saturated carbocycles. The summed E-state index contributed by atoms with van der Waals surface area (Å²) in [5.41, 5.74) is 2.14. The van der Waals surface area contributed by atoms with Gasteiger partial charge in [-0.25, -0.2) is 0 Å². The maximum Gasteiger partial charge on any atom is 0.261 e. The van der Waals surface area contributed by atoms with Crippen LogP contribution in [-0.2, 0) is 20.8 Å². The van der Waals surface area contributed by atoms with Crippen LogP contribution >= 0.6 is 11.6 Å². The van der Waals surface area contributed by atoms with E-state index >= 15 is 0 Å². The molecule has 1 aliphatic carbocycles. The molecule has 1 unspecified atom stereocenters. The molecule has 4 aliphatic rings. The molecular weight excluding hydrogens is 584 g/mol. The lowest BCUT2D eigenvalue weighted by Crippen LogP contribution is -2.51. The summed E-state index contributed by atoms with van der Waals surface area (Å²) in [5.74, 6) is -1.61. The number of benzene rings is 2. The third kappa shape index (κ3) is 5.33. The first-order valence-corrected chi connectivity index (χ1v) is 15.8. The lowest BCUT2D eigenvalue weighted by Gasteiger charge is -2.43. The van der Waals surface area contributed by atoms with Crippen LogP contribution in [0.4, 0.5) is 0 Å². The van der Waals surface area contributed by atoms with E-state index in [4.69, 9.17) is 16.3 Å². The van der Waals surface area contributed by atoms with E-state index in [0.29, 0.717) is 72.8 Å². The average molecular weight is 621 g/mol. The number of rotatable bonds is 6. The summed E-state index contributed by atoms with van der Waals surface area (Å²) in [4.78, 5) is 71.1. The summed E-state index contributed by atoms with van der Waals surface area (Å²) < 4.78 is 6.53. The van der Waals surface area contributed by atoms with Gasteiger partial charge in [-0.2, -0.15) is 0 Å². The standard InChI is InChI=1S/C33H37ClN4O6/c1-19(39)36-15-13-20(17-36)44-28-12-11-26(34)25-14-16-37(31(41)22-8-4-3-7-21(22)30(40)35-2)27(29(25)28)18-38-32(42)23-9-5-6-10-24(23)33(38)43/h5-6,9-12,20-22,27H,3-4,7-8,13-18H2,1-2H3,(H,35,40)/t20?,21-,22+,27+/m0/s1. The smallest absolute Gasteiger partial charge is 0.261 e. The minimum absolute atomic E-state index is 0.0207. The van der Waals surface area contributed by atoms with Crippen LogP contribution in [0.5, 0.6) is 5.75 Å². The zero-order chi connectivity index (χ0) is 31.1. The maximum atomic E-state index is 14.5. The van der Waals surface area contributed by atoms with Crippen molar-refractivity contribution < 1.29 is 28.7 Å². The summed E-state index contributed by atoms with van der Waals surface area (Å²) >= 11 is 6.76. The molecule has 11 heteroatoms. The van der Waals surface area contributed by atoms with Crippen LogP contribution in [0.1, 0.15) is 76.9 Å². The molecule has 3 heterocycles. The fourth-order valence-electron chi connectivity index (χ4n) is 7.34. The predicted molar refractivity (Wildman–Crippen MR) is 162 cm³/mol. The number of ether oxygens (including phenoxy) is 1.